The summed E-state index contributed by atoms with van der Waals surface area (Å²) in [4.78, 5) is 29.6. The van der Waals surface area contributed by atoms with Crippen LogP contribution >= 0.6 is 0 Å². The number of fused-ring (bicyclic) bond motifs is 2. The van der Waals surface area contributed by atoms with Crippen LogP contribution in [-0.2, 0) is 9.63 Å². The number of carboxylic acid groups (broad SMARTS) is 1. The molecule has 0 aliphatic carbocycles. The molecule has 0 aromatic carbocycles. The molecule has 2 rings (SSSR count). The molecular weight excluding hydrogens is 224 g/mol. The third-order valence-corrected chi connectivity index (χ3v) is 2.95. The molecule has 17 heavy (non-hydrogen) atoms. The Morgan fingerprint density at radius 2 is 2.47 bits per heavy atom. The number of hydroxylamine groups is 2. The number of nitrogens with zero attached hydrogens (tertiary/aromatic N) is 2. The lowest BCUT2D eigenvalue weighted by molar-refractivity contribution is -0.140. The van der Waals surface area contributed by atoms with Gasteiger partial charge in [-0.15, -0.1) is 6.58 Å². The Bertz CT molecular complexity index is 404. The molecule has 2 heterocycles. The van der Waals surface area contributed by atoms with Crippen LogP contribution < -0.4 is 0 Å². The van der Waals surface area contributed by atoms with E-state index in [2.05, 4.69) is 6.58 Å². The molecule has 92 valence electrons. The lowest BCUT2D eigenvalue weighted by atomic mass is 10.0. The molecule has 6 nitrogen and oxygen atoms in total. The van der Waals surface area contributed by atoms with E-state index < -0.39 is 18.0 Å². The molecule has 0 aromatic heterocycles. The summed E-state index contributed by atoms with van der Waals surface area (Å²) < 4.78 is 0. The first-order chi connectivity index (χ1) is 8.06. The SMILES string of the molecule is C=CCON1C(=O)N2CC1C(C)=C[C@@H]2C(=O)O. The second-order valence-corrected chi connectivity index (χ2v) is 4.05. The average Bonchev–Trinajstić information content (AvgIpc) is 2.56. The van der Waals surface area contributed by atoms with E-state index >= 15 is 0 Å². The van der Waals surface area contributed by atoms with Crippen molar-refractivity contribution < 1.29 is 19.5 Å². The van der Waals surface area contributed by atoms with Crippen LogP contribution in [0.3, 0.4) is 0 Å². The highest BCUT2D eigenvalue weighted by atomic mass is 16.7. The fourth-order valence-electron chi connectivity index (χ4n) is 2.09. The molecule has 1 unspecified atom stereocenters. The van der Waals surface area contributed by atoms with Crippen LogP contribution in [0.15, 0.2) is 24.3 Å². The second-order valence-electron chi connectivity index (χ2n) is 4.05. The van der Waals surface area contributed by atoms with Crippen molar-refractivity contribution in [2.45, 2.75) is 19.0 Å². The summed E-state index contributed by atoms with van der Waals surface area (Å²) in [7, 11) is 0. The van der Waals surface area contributed by atoms with Crippen LogP contribution in [0.1, 0.15) is 6.92 Å². The molecule has 2 amide bonds. The molecule has 2 bridgehead atoms. The van der Waals surface area contributed by atoms with E-state index in [0.29, 0.717) is 6.54 Å². The number of rotatable bonds is 4. The summed E-state index contributed by atoms with van der Waals surface area (Å²) in [5.74, 6) is -1.03. The quantitative estimate of drug-likeness (QED) is 0.729. The summed E-state index contributed by atoms with van der Waals surface area (Å²) in [6, 6.07) is -1.49. The highest BCUT2D eigenvalue weighted by Crippen LogP contribution is 2.29. The summed E-state index contributed by atoms with van der Waals surface area (Å²) in [5, 5.41) is 10.3. The molecule has 1 saturated heterocycles. The van der Waals surface area contributed by atoms with Crippen molar-refractivity contribution in [1.82, 2.24) is 9.96 Å². The third-order valence-electron chi connectivity index (χ3n) is 2.95. The fraction of sp³-hybridized carbons (Fsp3) is 0.455. The Morgan fingerprint density at radius 3 is 3.06 bits per heavy atom. The minimum atomic E-state index is -1.03. The molecule has 6 heteroatoms. The van der Waals surface area contributed by atoms with E-state index in [0.717, 1.165) is 5.57 Å². The molecule has 0 aromatic rings. The van der Waals surface area contributed by atoms with Crippen LogP contribution in [-0.4, -0.2) is 52.3 Å². The van der Waals surface area contributed by atoms with Gasteiger partial charge < -0.3 is 10.0 Å². The van der Waals surface area contributed by atoms with Crippen molar-refractivity contribution in [2.75, 3.05) is 13.2 Å². The van der Waals surface area contributed by atoms with Crippen molar-refractivity contribution in [2.24, 2.45) is 0 Å². The predicted molar refractivity (Wildman–Crippen MR) is 59.1 cm³/mol. The number of amides is 2. The zero-order valence-electron chi connectivity index (χ0n) is 9.50. The maximum absolute atomic E-state index is 11.9. The maximum atomic E-state index is 11.9. The Hall–Kier alpha value is -1.82. The van der Waals surface area contributed by atoms with Crippen LogP contribution in [0, 0.1) is 0 Å². The lowest BCUT2D eigenvalue weighted by Gasteiger charge is -2.25. The highest BCUT2D eigenvalue weighted by molar-refractivity contribution is 5.87. The molecule has 1 N–H and O–H groups in total. The average molecular weight is 238 g/mol. The zero-order chi connectivity index (χ0) is 12.6. The van der Waals surface area contributed by atoms with Crippen molar-refractivity contribution in [3.63, 3.8) is 0 Å². The van der Waals surface area contributed by atoms with Gasteiger partial charge in [0, 0.05) is 0 Å². The van der Waals surface area contributed by atoms with Crippen LogP contribution in [0.25, 0.3) is 0 Å². The van der Waals surface area contributed by atoms with E-state index in [-0.39, 0.29) is 12.6 Å². The van der Waals surface area contributed by atoms with E-state index in [1.165, 1.54) is 9.96 Å². The van der Waals surface area contributed by atoms with Gasteiger partial charge in [-0.1, -0.05) is 6.08 Å². The van der Waals surface area contributed by atoms with Gasteiger partial charge in [0.2, 0.25) is 0 Å². The Morgan fingerprint density at radius 1 is 1.76 bits per heavy atom. The van der Waals surface area contributed by atoms with Crippen molar-refractivity contribution in [3.8, 4) is 0 Å². The molecule has 1 fully saturated rings. The largest absolute Gasteiger partial charge is 0.479 e. The van der Waals surface area contributed by atoms with E-state index in [1.807, 2.05) is 0 Å². The third kappa shape index (κ3) is 1.80. The number of aliphatic carboxylic acids is 1. The first-order valence-electron chi connectivity index (χ1n) is 5.31. The second kappa shape index (κ2) is 4.21. The first kappa shape index (κ1) is 11.7. The Balaban J connectivity index is 2.24. The lowest BCUT2D eigenvalue weighted by Crippen LogP contribution is -2.43. The monoisotopic (exact) mass is 238 g/mol. The number of carbonyl (C=O) groups is 2. The summed E-state index contributed by atoms with van der Waals surface area (Å²) in [6.45, 7) is 5.90. The van der Waals surface area contributed by atoms with E-state index in [9.17, 15) is 9.59 Å². The highest BCUT2D eigenvalue weighted by Gasteiger charge is 2.47. The molecule has 2 aliphatic heterocycles. The summed E-state index contributed by atoms with van der Waals surface area (Å²) >= 11 is 0. The molecule has 0 radical (unpaired) electrons. The number of urea groups is 1. The number of carbonyl (C=O) groups excluding carboxylic acids is 1. The Labute approximate surface area is 98.7 Å². The van der Waals surface area contributed by atoms with Gasteiger partial charge >= 0.3 is 12.0 Å². The molecule has 0 saturated carbocycles. The van der Waals surface area contributed by atoms with Crippen molar-refractivity contribution >= 4 is 12.0 Å². The van der Waals surface area contributed by atoms with Crippen LogP contribution in [0.5, 0.6) is 0 Å². The smallest absolute Gasteiger partial charge is 0.345 e. The molecule has 2 aliphatic rings. The predicted octanol–water partition coefficient (Wildman–Crippen LogP) is 0.623. The van der Waals surface area contributed by atoms with Crippen LogP contribution in [0.4, 0.5) is 4.79 Å². The minimum Gasteiger partial charge on any atom is -0.479 e. The summed E-state index contributed by atoms with van der Waals surface area (Å²) in [6.07, 6.45) is 3.13. The van der Waals surface area contributed by atoms with Gasteiger partial charge in [0.05, 0.1) is 19.2 Å². The first-order valence-corrected chi connectivity index (χ1v) is 5.31. The molecular formula is C11H14N2O4. The number of carboxylic acids is 1. The van der Waals surface area contributed by atoms with Gasteiger partial charge in [-0.2, -0.15) is 5.06 Å². The van der Waals surface area contributed by atoms with Crippen molar-refractivity contribution in [1.29, 1.82) is 0 Å². The van der Waals surface area contributed by atoms with Crippen LogP contribution in [0.2, 0.25) is 0 Å². The van der Waals surface area contributed by atoms with Gasteiger partial charge in [0.1, 0.15) is 6.04 Å². The molecule has 0 spiro atoms. The van der Waals surface area contributed by atoms with E-state index in [1.54, 1.807) is 19.1 Å². The van der Waals surface area contributed by atoms with Gasteiger partial charge in [0.25, 0.3) is 0 Å². The van der Waals surface area contributed by atoms with E-state index in [4.69, 9.17) is 9.94 Å². The number of hydrogen-bond acceptors (Lipinski definition) is 3. The summed E-state index contributed by atoms with van der Waals surface area (Å²) in [5.41, 5.74) is 0.837. The maximum Gasteiger partial charge on any atom is 0.345 e. The fourth-order valence-corrected chi connectivity index (χ4v) is 2.09. The van der Waals surface area contributed by atoms with Gasteiger partial charge in [-0.05, 0) is 18.6 Å². The van der Waals surface area contributed by atoms with Gasteiger partial charge in [0.15, 0.2) is 0 Å². The van der Waals surface area contributed by atoms with Crippen molar-refractivity contribution in [3.05, 3.63) is 24.3 Å². The normalized spacial score (nSPS) is 27.1. The topological polar surface area (TPSA) is 70.1 Å². The zero-order valence-corrected chi connectivity index (χ0v) is 9.50. The number of hydrogen-bond donors (Lipinski definition) is 1. The minimum absolute atomic E-state index is 0.196. The Kier molecular flexibility index (Phi) is 2.89. The standard InChI is InChI=1S/C11H14N2O4/c1-3-4-17-13-9-6-12(11(13)16)8(10(14)15)5-7(9)2/h3,5,8-9H,1,4,6H2,2H3,(H,14,15)/t8-,9?/m1/s1. The van der Waals surface area contributed by atoms with Gasteiger partial charge in [-0.25, -0.2) is 9.59 Å². The van der Waals surface area contributed by atoms with Gasteiger partial charge in [-0.3, -0.25) is 4.84 Å². The molecule has 2 atom stereocenters.